The third-order valence-electron chi connectivity index (χ3n) is 5.32. The second-order valence-electron chi connectivity index (χ2n) is 7.50. The van der Waals surface area contributed by atoms with Crippen LogP contribution >= 0.6 is 11.6 Å². The molecule has 1 aliphatic heterocycles. The van der Waals surface area contributed by atoms with Gasteiger partial charge >= 0.3 is 0 Å². The van der Waals surface area contributed by atoms with Crippen molar-refractivity contribution in [3.8, 4) is 11.4 Å². The molecule has 206 valence electrons. The van der Waals surface area contributed by atoms with Crippen molar-refractivity contribution in [2.45, 2.75) is 47.7 Å². The van der Waals surface area contributed by atoms with E-state index in [4.69, 9.17) is 26.2 Å². The zero-order valence-corrected chi connectivity index (χ0v) is 23.8. The average molecular weight is 545 g/mol. The van der Waals surface area contributed by atoms with Crippen LogP contribution in [0.5, 0.6) is 5.75 Å². The maximum absolute atomic E-state index is 13.6. The van der Waals surface area contributed by atoms with Crippen molar-refractivity contribution in [3.63, 3.8) is 0 Å². The minimum atomic E-state index is -0.246. The van der Waals surface area contributed by atoms with Crippen molar-refractivity contribution < 1.29 is 19.0 Å². The first-order chi connectivity index (χ1) is 18.6. The van der Waals surface area contributed by atoms with Gasteiger partial charge in [0, 0.05) is 67.5 Å². The van der Waals surface area contributed by atoms with Crippen molar-refractivity contribution in [2.24, 2.45) is 0 Å². The van der Waals surface area contributed by atoms with E-state index < -0.39 is 0 Å². The predicted molar refractivity (Wildman–Crippen MR) is 153 cm³/mol. The molecule has 0 fully saturated rings. The quantitative estimate of drug-likeness (QED) is 0.322. The summed E-state index contributed by atoms with van der Waals surface area (Å²) in [4.78, 5) is 18.9. The molecule has 9 heteroatoms. The Morgan fingerprint density at radius 2 is 1.71 bits per heavy atom. The monoisotopic (exact) mass is 544 g/mol. The number of carbonyl (C=O) groups is 1. The second kappa shape index (κ2) is 17.2. The van der Waals surface area contributed by atoms with Gasteiger partial charge in [-0.3, -0.25) is 4.90 Å². The number of benzene rings is 2. The van der Waals surface area contributed by atoms with Gasteiger partial charge < -0.3 is 19.2 Å². The summed E-state index contributed by atoms with van der Waals surface area (Å²) in [6, 6.07) is 10.7. The van der Waals surface area contributed by atoms with Gasteiger partial charge in [0.2, 0.25) is 0 Å². The Bertz CT molecular complexity index is 1250. The van der Waals surface area contributed by atoms with E-state index in [1.807, 2.05) is 76.7 Å². The molecule has 0 radical (unpaired) electrons. The number of hydrogen-bond donors (Lipinski definition) is 1. The molecule has 5 rings (SSSR count). The lowest BCUT2D eigenvalue weighted by molar-refractivity contribution is -0.0980. The zero-order valence-electron chi connectivity index (χ0n) is 23.0. The number of hydrogen-bond acceptors (Lipinski definition) is 6. The van der Waals surface area contributed by atoms with Crippen molar-refractivity contribution in [1.82, 2.24) is 19.4 Å². The topological polar surface area (TPSA) is 80.5 Å². The second-order valence-corrected chi connectivity index (χ2v) is 7.91. The Hall–Kier alpha value is -3.33. The molecule has 0 spiro atoms. The van der Waals surface area contributed by atoms with Gasteiger partial charge in [-0.2, -0.15) is 0 Å². The molecule has 1 aliphatic rings. The van der Waals surface area contributed by atoms with Crippen LogP contribution in [0.1, 0.15) is 44.6 Å². The number of aliphatic hydroxyl groups excluding tert-OH is 1. The molecular formula is C29H38ClFN4O3. The number of carbonyl (C=O) groups excluding carboxylic acids is 1. The Kier molecular flexibility index (Phi) is 14.8. The van der Waals surface area contributed by atoms with Gasteiger partial charge in [-0.1, -0.05) is 39.3 Å². The van der Waals surface area contributed by atoms with Crippen molar-refractivity contribution in [1.29, 1.82) is 0 Å². The summed E-state index contributed by atoms with van der Waals surface area (Å²) in [5.41, 5.74) is 3.93. The number of nitrogens with zero attached hydrogens (tertiary/aromatic N) is 4. The van der Waals surface area contributed by atoms with E-state index in [1.54, 1.807) is 6.07 Å². The maximum atomic E-state index is 13.6. The highest BCUT2D eigenvalue weighted by Gasteiger charge is 2.20. The van der Waals surface area contributed by atoms with Gasteiger partial charge in [0.05, 0.1) is 10.5 Å². The van der Waals surface area contributed by atoms with Gasteiger partial charge in [0.15, 0.2) is 0 Å². The number of aryl methyl sites for hydroxylation is 1. The number of fused-ring (bicyclic) bond motifs is 2. The smallest absolute Gasteiger partial charge is 0.142 e. The molecular weight excluding hydrogens is 507 g/mol. The summed E-state index contributed by atoms with van der Waals surface area (Å²) in [6.07, 6.45) is 5.66. The van der Waals surface area contributed by atoms with Crippen LogP contribution in [0.3, 0.4) is 0 Å². The van der Waals surface area contributed by atoms with Gasteiger partial charge in [-0.25, -0.2) is 14.4 Å². The van der Waals surface area contributed by atoms with Crippen LogP contribution in [0.15, 0.2) is 55.0 Å². The molecule has 0 saturated heterocycles. The highest BCUT2D eigenvalue weighted by molar-refractivity contribution is 6.32. The molecule has 0 atom stereocenters. The first kappa shape index (κ1) is 32.7. The largest absolute Gasteiger partial charge is 0.490 e. The fourth-order valence-corrected chi connectivity index (χ4v) is 4.17. The van der Waals surface area contributed by atoms with E-state index in [1.165, 1.54) is 12.1 Å². The summed E-state index contributed by atoms with van der Waals surface area (Å²) >= 11 is 6.60. The Morgan fingerprint density at radius 1 is 1.05 bits per heavy atom. The van der Waals surface area contributed by atoms with E-state index in [9.17, 15) is 4.39 Å². The van der Waals surface area contributed by atoms with Crippen LogP contribution in [0.4, 0.5) is 4.39 Å². The lowest BCUT2D eigenvalue weighted by atomic mass is 10.1. The highest BCUT2D eigenvalue weighted by Crippen LogP contribution is 2.35. The van der Waals surface area contributed by atoms with Gasteiger partial charge in [-0.15, -0.1) is 0 Å². The normalized spacial score (nSPS) is 11.9. The van der Waals surface area contributed by atoms with E-state index in [2.05, 4.69) is 20.9 Å². The summed E-state index contributed by atoms with van der Waals surface area (Å²) in [5, 5.41) is 8.42. The fraction of sp³-hybridized carbons (Fsp3) is 0.345. The molecule has 2 aromatic carbocycles. The molecule has 0 bridgehead atoms. The van der Waals surface area contributed by atoms with Gasteiger partial charge in [-0.05, 0) is 43.3 Å². The lowest BCUT2D eigenvalue weighted by Gasteiger charge is -2.19. The Labute approximate surface area is 229 Å². The molecule has 0 amide bonds. The first-order valence-electron chi connectivity index (χ1n) is 12.5. The number of halogens is 2. The number of aromatic nitrogens is 3. The molecule has 7 nitrogen and oxygen atoms in total. The Balaban J connectivity index is 0.000000829. The van der Waals surface area contributed by atoms with Crippen LogP contribution in [0, 0.1) is 12.7 Å². The van der Waals surface area contributed by atoms with Crippen LogP contribution in [0.25, 0.3) is 16.6 Å². The van der Waals surface area contributed by atoms with Crippen molar-refractivity contribution in [2.75, 3.05) is 20.3 Å². The summed E-state index contributed by atoms with van der Waals surface area (Å²) in [7, 11) is 1.00. The fourth-order valence-electron chi connectivity index (χ4n) is 3.88. The van der Waals surface area contributed by atoms with E-state index in [0.29, 0.717) is 18.2 Å². The molecule has 0 aliphatic carbocycles. The summed E-state index contributed by atoms with van der Waals surface area (Å²) in [5.74, 6) is 1.24. The molecule has 1 N–H and O–H groups in total. The van der Waals surface area contributed by atoms with Crippen LogP contribution in [-0.2, 0) is 17.9 Å². The number of ether oxygens (including phenoxy) is 1. The lowest BCUT2D eigenvalue weighted by Crippen LogP contribution is -2.25. The van der Waals surface area contributed by atoms with E-state index in [0.717, 1.165) is 59.5 Å². The van der Waals surface area contributed by atoms with Crippen molar-refractivity contribution in [3.05, 3.63) is 82.8 Å². The summed E-state index contributed by atoms with van der Waals surface area (Å²) in [6.45, 7) is 14.6. The van der Waals surface area contributed by atoms with Crippen LogP contribution < -0.4 is 4.74 Å². The Morgan fingerprint density at radius 3 is 2.37 bits per heavy atom. The first-order valence-corrected chi connectivity index (χ1v) is 12.9. The average Bonchev–Trinajstić information content (AvgIpc) is 3.27. The third kappa shape index (κ3) is 8.34. The predicted octanol–water partition coefficient (Wildman–Crippen LogP) is 6.39. The van der Waals surface area contributed by atoms with E-state index >= 15 is 0 Å². The molecule has 2 aromatic heterocycles. The molecule has 4 aromatic rings. The molecule has 0 saturated carbocycles. The minimum Gasteiger partial charge on any atom is -0.490 e. The maximum Gasteiger partial charge on any atom is 0.142 e. The third-order valence-corrected chi connectivity index (χ3v) is 5.60. The van der Waals surface area contributed by atoms with Crippen molar-refractivity contribution >= 4 is 29.3 Å². The van der Waals surface area contributed by atoms with Crippen LogP contribution in [-0.4, -0.2) is 51.6 Å². The van der Waals surface area contributed by atoms with Crippen LogP contribution in [0.2, 0.25) is 5.02 Å². The highest BCUT2D eigenvalue weighted by atomic mass is 35.5. The zero-order chi connectivity index (χ0) is 28.7. The molecule has 38 heavy (non-hydrogen) atoms. The standard InChI is InChI=1S/C23H20ClFN4O.2C2H6.CH4O.CH2O/c1-15-26-11-16(12-27-15)13-28-6-7-30-23-18(14-28)9-20(10-21(23)24)29-5-4-17-8-19(25)2-3-22(17)29;4*1-2/h2-5,8-12H,6-7,13-14H2,1H3;2*1-2H3;2H,1H3;1H2. The van der Waals surface area contributed by atoms with Gasteiger partial charge in [0.25, 0.3) is 0 Å². The SMILES string of the molecule is C=O.CC.CC.CO.Cc1ncc(CN2CCOc3c(Cl)cc(-n4ccc5cc(F)ccc54)cc3C2)cn1. The van der Waals surface area contributed by atoms with Gasteiger partial charge in [0.1, 0.15) is 30.8 Å². The minimum absolute atomic E-state index is 0.246. The molecule has 3 heterocycles. The molecule has 0 unspecified atom stereocenters. The number of aliphatic hydroxyl groups is 1. The van der Waals surface area contributed by atoms with E-state index in [-0.39, 0.29) is 5.82 Å². The summed E-state index contributed by atoms with van der Waals surface area (Å²) < 4.78 is 21.6. The number of rotatable bonds is 3.